The maximum Gasteiger partial charge on any atom is 0.515 e. The zero-order chi connectivity index (χ0) is 9.52. The molecule has 0 saturated carbocycles. The molecule has 13 heavy (non-hydrogen) atoms. The monoisotopic (exact) mass is 182 g/mol. The van der Waals surface area contributed by atoms with Gasteiger partial charge in [-0.25, -0.2) is 10.2 Å². The fourth-order valence-corrected chi connectivity index (χ4v) is 0.668. The van der Waals surface area contributed by atoms with E-state index in [4.69, 9.17) is 4.74 Å². The lowest BCUT2D eigenvalue weighted by molar-refractivity contribution is 0.0772. The molecule has 0 saturated heterocycles. The normalized spacial score (nSPS) is 14.1. The first-order chi connectivity index (χ1) is 6.33. The van der Waals surface area contributed by atoms with Crippen LogP contribution in [0.3, 0.4) is 0 Å². The first-order valence-electron chi connectivity index (χ1n) is 3.83. The Kier molecular flexibility index (Phi) is 3.56. The lowest BCUT2D eigenvalue weighted by atomic mass is 10.5. The van der Waals surface area contributed by atoms with Crippen LogP contribution in [-0.4, -0.2) is 19.0 Å². The van der Waals surface area contributed by atoms with Crippen LogP contribution in [0.2, 0.25) is 0 Å². The van der Waals surface area contributed by atoms with Crippen molar-refractivity contribution in [2.24, 2.45) is 5.10 Å². The van der Waals surface area contributed by atoms with Gasteiger partial charge in [0.05, 0.1) is 6.61 Å². The molecule has 0 aromatic heterocycles. The van der Waals surface area contributed by atoms with E-state index in [1.165, 1.54) is 6.21 Å². The molecular weight excluding hydrogens is 172 g/mol. The first kappa shape index (κ1) is 9.31. The Morgan fingerprint density at radius 1 is 1.62 bits per heavy atom. The largest absolute Gasteiger partial charge is 0.515 e. The van der Waals surface area contributed by atoms with Gasteiger partial charge < -0.3 is 9.47 Å². The number of allylic oxidation sites excluding steroid dienone is 3. The number of hydrogen-bond acceptors (Lipinski definition) is 5. The fraction of sp³-hybridized carbons (Fsp3) is 0.250. The molecule has 0 spiro atoms. The number of hydrazone groups is 1. The Bertz CT molecular complexity index is 269. The number of hydrogen-bond donors (Lipinski definition) is 1. The quantitative estimate of drug-likeness (QED) is 0.650. The van der Waals surface area contributed by atoms with Gasteiger partial charge in [0.2, 0.25) is 5.88 Å². The van der Waals surface area contributed by atoms with E-state index in [0.717, 1.165) is 0 Å². The van der Waals surface area contributed by atoms with Crippen molar-refractivity contribution in [1.29, 1.82) is 0 Å². The third kappa shape index (κ3) is 3.42. The molecule has 0 atom stereocenters. The molecule has 70 valence electrons. The molecule has 5 nitrogen and oxygen atoms in total. The second-order valence-corrected chi connectivity index (χ2v) is 2.09. The summed E-state index contributed by atoms with van der Waals surface area (Å²) in [6, 6.07) is 0. The zero-order valence-electron chi connectivity index (χ0n) is 7.19. The van der Waals surface area contributed by atoms with E-state index in [1.54, 1.807) is 25.2 Å². The Labute approximate surface area is 75.7 Å². The molecular formula is C8H10N2O3. The Morgan fingerprint density at radius 3 is 3.23 bits per heavy atom. The first-order valence-corrected chi connectivity index (χ1v) is 3.83. The fourth-order valence-electron chi connectivity index (χ4n) is 0.668. The smallest absolute Gasteiger partial charge is 0.434 e. The molecule has 1 aliphatic rings. The van der Waals surface area contributed by atoms with Crippen molar-refractivity contribution >= 4 is 12.4 Å². The van der Waals surface area contributed by atoms with Gasteiger partial charge in [-0.3, -0.25) is 0 Å². The van der Waals surface area contributed by atoms with Crippen LogP contribution in [0.25, 0.3) is 0 Å². The topological polar surface area (TPSA) is 59.9 Å². The average molecular weight is 182 g/mol. The van der Waals surface area contributed by atoms with Gasteiger partial charge in [-0.2, -0.15) is 5.10 Å². The van der Waals surface area contributed by atoms with Crippen LogP contribution < -0.4 is 5.43 Å². The number of carbonyl (C=O) groups excluding carboxylic acids is 1. The van der Waals surface area contributed by atoms with Gasteiger partial charge in [-0.15, -0.1) is 0 Å². The predicted octanol–water partition coefficient (Wildman–Crippen LogP) is 1.15. The van der Waals surface area contributed by atoms with Crippen LogP contribution >= 0.6 is 0 Å². The van der Waals surface area contributed by atoms with Crippen molar-refractivity contribution in [3.05, 3.63) is 24.1 Å². The van der Waals surface area contributed by atoms with E-state index in [-0.39, 0.29) is 12.5 Å². The molecule has 1 N–H and O–H groups in total. The highest BCUT2D eigenvalue weighted by molar-refractivity contribution is 5.72. The van der Waals surface area contributed by atoms with E-state index >= 15 is 0 Å². The van der Waals surface area contributed by atoms with Crippen molar-refractivity contribution in [2.75, 3.05) is 6.61 Å². The SMILES string of the molecule is CCOC(=O)OC1=CC=CC=NN1. The maximum atomic E-state index is 10.8. The van der Waals surface area contributed by atoms with Crippen molar-refractivity contribution < 1.29 is 14.3 Å². The molecule has 0 aromatic rings. The molecule has 0 fully saturated rings. The van der Waals surface area contributed by atoms with Crippen molar-refractivity contribution in [2.45, 2.75) is 6.92 Å². The highest BCUT2D eigenvalue weighted by Crippen LogP contribution is 1.98. The lowest BCUT2D eigenvalue weighted by Crippen LogP contribution is -2.14. The van der Waals surface area contributed by atoms with Crippen molar-refractivity contribution in [1.82, 2.24) is 5.43 Å². The standard InChI is InChI=1S/C8H10N2O3/c1-2-12-8(11)13-7-5-3-4-6-9-10-7/h3-6,10H,2H2,1H3. The summed E-state index contributed by atoms with van der Waals surface area (Å²) in [6.45, 7) is 1.99. The van der Waals surface area contributed by atoms with Gasteiger partial charge in [0.25, 0.3) is 0 Å². The van der Waals surface area contributed by atoms with E-state index in [2.05, 4.69) is 15.3 Å². The van der Waals surface area contributed by atoms with Crippen LogP contribution in [0.4, 0.5) is 4.79 Å². The van der Waals surface area contributed by atoms with Gasteiger partial charge in [0.1, 0.15) is 0 Å². The molecule has 1 heterocycles. The van der Waals surface area contributed by atoms with Gasteiger partial charge in [0, 0.05) is 12.3 Å². The average Bonchev–Trinajstić information content (AvgIpc) is 2.33. The third-order valence-electron chi connectivity index (χ3n) is 1.15. The van der Waals surface area contributed by atoms with E-state index in [1.807, 2.05) is 0 Å². The van der Waals surface area contributed by atoms with Crippen LogP contribution in [0, 0.1) is 0 Å². The Morgan fingerprint density at radius 2 is 2.46 bits per heavy atom. The Balaban J connectivity index is 2.44. The number of ether oxygens (including phenoxy) is 2. The van der Waals surface area contributed by atoms with Crippen molar-refractivity contribution in [3.8, 4) is 0 Å². The van der Waals surface area contributed by atoms with Gasteiger partial charge in [-0.05, 0) is 13.0 Å². The van der Waals surface area contributed by atoms with Crippen LogP contribution in [0.1, 0.15) is 6.92 Å². The minimum Gasteiger partial charge on any atom is -0.434 e. The molecule has 0 unspecified atom stereocenters. The van der Waals surface area contributed by atoms with Crippen LogP contribution in [0.5, 0.6) is 0 Å². The van der Waals surface area contributed by atoms with Crippen molar-refractivity contribution in [3.63, 3.8) is 0 Å². The minimum absolute atomic E-state index is 0.239. The molecule has 0 amide bonds. The van der Waals surface area contributed by atoms with E-state index < -0.39 is 6.16 Å². The van der Waals surface area contributed by atoms with Gasteiger partial charge in [0.15, 0.2) is 0 Å². The molecule has 0 aliphatic carbocycles. The summed E-state index contributed by atoms with van der Waals surface area (Å²) in [5, 5.41) is 3.70. The highest BCUT2D eigenvalue weighted by atomic mass is 16.7. The minimum atomic E-state index is -0.744. The molecule has 0 radical (unpaired) electrons. The molecule has 0 aromatic carbocycles. The van der Waals surface area contributed by atoms with Crippen LogP contribution in [0.15, 0.2) is 29.2 Å². The maximum absolute atomic E-state index is 10.8. The third-order valence-corrected chi connectivity index (χ3v) is 1.15. The van der Waals surface area contributed by atoms with Gasteiger partial charge >= 0.3 is 6.16 Å². The molecule has 5 heteroatoms. The number of carbonyl (C=O) groups is 1. The highest BCUT2D eigenvalue weighted by Gasteiger charge is 2.06. The van der Waals surface area contributed by atoms with Gasteiger partial charge in [-0.1, -0.05) is 6.08 Å². The van der Waals surface area contributed by atoms with E-state index in [9.17, 15) is 4.79 Å². The van der Waals surface area contributed by atoms with E-state index in [0.29, 0.717) is 0 Å². The second kappa shape index (κ2) is 4.97. The second-order valence-electron chi connectivity index (χ2n) is 2.09. The molecule has 1 aliphatic heterocycles. The molecule has 0 bridgehead atoms. The predicted molar refractivity (Wildman–Crippen MR) is 47.0 cm³/mol. The summed E-state index contributed by atoms with van der Waals surface area (Å²) in [5.74, 6) is 0.239. The summed E-state index contributed by atoms with van der Waals surface area (Å²) in [6.07, 6.45) is 5.76. The lowest BCUT2D eigenvalue weighted by Gasteiger charge is -2.05. The summed E-state index contributed by atoms with van der Waals surface area (Å²) in [4.78, 5) is 10.8. The zero-order valence-corrected chi connectivity index (χ0v) is 7.19. The number of rotatable bonds is 2. The Hall–Kier alpha value is -1.78. The number of nitrogens with zero attached hydrogens (tertiary/aromatic N) is 1. The number of nitrogens with one attached hydrogen (secondary N) is 1. The summed E-state index contributed by atoms with van der Waals surface area (Å²) >= 11 is 0. The molecule has 1 rings (SSSR count). The summed E-state index contributed by atoms with van der Waals surface area (Å²) in [5.41, 5.74) is 2.52. The summed E-state index contributed by atoms with van der Waals surface area (Å²) in [7, 11) is 0. The summed E-state index contributed by atoms with van der Waals surface area (Å²) < 4.78 is 9.30. The van der Waals surface area contributed by atoms with Crippen LogP contribution in [-0.2, 0) is 9.47 Å².